The first-order valence-electron chi connectivity index (χ1n) is 12.6. The molecular formula is C27H36N4O2. The SMILES string of the molecule is O=C(CN1CCN(C[C@H](O)Cn2c3ccccc3c3ccccc32)CC1)N1CCCCCC1. The molecule has 2 aliphatic rings. The van der Waals surface area contributed by atoms with Crippen molar-refractivity contribution in [3.63, 3.8) is 0 Å². The Morgan fingerprint density at radius 2 is 1.27 bits per heavy atom. The summed E-state index contributed by atoms with van der Waals surface area (Å²) in [6, 6.07) is 16.9. The summed E-state index contributed by atoms with van der Waals surface area (Å²) in [7, 11) is 0. The van der Waals surface area contributed by atoms with E-state index in [1.165, 1.54) is 34.6 Å². The molecule has 0 unspecified atom stereocenters. The second-order valence-electron chi connectivity index (χ2n) is 9.67. The first kappa shape index (κ1) is 22.4. The predicted octanol–water partition coefficient (Wildman–Crippen LogP) is 3.18. The molecule has 2 fully saturated rings. The third-order valence-corrected chi connectivity index (χ3v) is 7.32. The van der Waals surface area contributed by atoms with Crippen molar-refractivity contribution in [2.75, 3.05) is 52.4 Å². The highest BCUT2D eigenvalue weighted by Gasteiger charge is 2.24. The van der Waals surface area contributed by atoms with E-state index in [1.54, 1.807) is 0 Å². The minimum atomic E-state index is -0.436. The van der Waals surface area contributed by atoms with Crippen LogP contribution in [0.4, 0.5) is 0 Å². The van der Waals surface area contributed by atoms with Gasteiger partial charge >= 0.3 is 0 Å². The minimum Gasteiger partial charge on any atom is -0.390 e. The van der Waals surface area contributed by atoms with Crippen molar-refractivity contribution in [2.24, 2.45) is 0 Å². The van der Waals surface area contributed by atoms with E-state index in [-0.39, 0.29) is 5.91 Å². The Morgan fingerprint density at radius 1 is 0.727 bits per heavy atom. The fourth-order valence-corrected chi connectivity index (χ4v) is 5.51. The standard InChI is InChI=1S/C27H36N4O2/c32-22(20-31-25-11-5-3-9-23(25)24-10-4-6-12-26(24)31)19-28-15-17-29(18-16-28)21-27(33)30-13-7-1-2-8-14-30/h3-6,9-12,22,32H,1-2,7-8,13-21H2/t22-/m0/s1. The zero-order valence-electron chi connectivity index (χ0n) is 19.5. The monoisotopic (exact) mass is 448 g/mol. The summed E-state index contributed by atoms with van der Waals surface area (Å²) >= 11 is 0. The number of fused-ring (bicyclic) bond motifs is 3. The fourth-order valence-electron chi connectivity index (χ4n) is 5.51. The molecule has 0 radical (unpaired) electrons. The summed E-state index contributed by atoms with van der Waals surface area (Å²) in [5, 5.41) is 13.4. The second-order valence-corrected chi connectivity index (χ2v) is 9.67. The Morgan fingerprint density at radius 3 is 1.88 bits per heavy atom. The number of amides is 1. The maximum atomic E-state index is 12.7. The van der Waals surface area contributed by atoms with Gasteiger partial charge in [-0.25, -0.2) is 0 Å². The van der Waals surface area contributed by atoms with Crippen LogP contribution < -0.4 is 0 Å². The number of aliphatic hydroxyl groups is 1. The zero-order valence-corrected chi connectivity index (χ0v) is 19.5. The molecule has 1 atom stereocenters. The van der Waals surface area contributed by atoms with Crippen LogP contribution in [0.25, 0.3) is 21.8 Å². The van der Waals surface area contributed by atoms with Gasteiger partial charge in [-0.2, -0.15) is 0 Å². The molecule has 0 aliphatic carbocycles. The molecular weight excluding hydrogens is 412 g/mol. The molecule has 2 saturated heterocycles. The Kier molecular flexibility index (Phi) is 6.95. The number of piperazine rings is 1. The van der Waals surface area contributed by atoms with Crippen molar-refractivity contribution in [3.05, 3.63) is 48.5 Å². The third-order valence-electron chi connectivity index (χ3n) is 7.32. The molecule has 6 heteroatoms. The average Bonchev–Trinajstić information content (AvgIpc) is 2.98. The number of likely N-dealkylation sites (tertiary alicyclic amines) is 1. The minimum absolute atomic E-state index is 0.289. The molecule has 33 heavy (non-hydrogen) atoms. The van der Waals surface area contributed by atoms with Gasteiger partial charge in [-0.1, -0.05) is 49.2 Å². The van der Waals surface area contributed by atoms with Crippen molar-refractivity contribution in [3.8, 4) is 0 Å². The van der Waals surface area contributed by atoms with Crippen molar-refractivity contribution in [1.82, 2.24) is 19.3 Å². The molecule has 2 aromatic carbocycles. The van der Waals surface area contributed by atoms with Gasteiger partial charge in [0.25, 0.3) is 0 Å². The maximum absolute atomic E-state index is 12.7. The van der Waals surface area contributed by atoms with Crippen molar-refractivity contribution < 1.29 is 9.90 Å². The summed E-state index contributed by atoms with van der Waals surface area (Å²) < 4.78 is 2.26. The van der Waals surface area contributed by atoms with E-state index in [1.807, 2.05) is 0 Å². The van der Waals surface area contributed by atoms with Crippen LogP contribution in [0.15, 0.2) is 48.5 Å². The van der Waals surface area contributed by atoms with E-state index in [9.17, 15) is 9.90 Å². The highest BCUT2D eigenvalue weighted by Crippen LogP contribution is 2.29. The molecule has 5 rings (SSSR count). The van der Waals surface area contributed by atoms with Gasteiger partial charge in [0.05, 0.1) is 19.2 Å². The van der Waals surface area contributed by atoms with E-state index in [2.05, 4.69) is 67.8 Å². The van der Waals surface area contributed by atoms with E-state index >= 15 is 0 Å². The molecule has 176 valence electrons. The number of hydrogen-bond acceptors (Lipinski definition) is 4. The topological polar surface area (TPSA) is 52.0 Å². The summed E-state index contributed by atoms with van der Waals surface area (Å²) in [4.78, 5) is 19.4. The van der Waals surface area contributed by atoms with Crippen LogP contribution in [0.2, 0.25) is 0 Å². The largest absolute Gasteiger partial charge is 0.390 e. The van der Waals surface area contributed by atoms with Crippen molar-refractivity contribution in [2.45, 2.75) is 38.3 Å². The lowest BCUT2D eigenvalue weighted by Gasteiger charge is -2.36. The van der Waals surface area contributed by atoms with Crippen LogP contribution in [0.5, 0.6) is 0 Å². The lowest BCUT2D eigenvalue weighted by Crippen LogP contribution is -2.51. The summed E-state index contributed by atoms with van der Waals surface area (Å²) in [5.74, 6) is 0.289. The highest BCUT2D eigenvalue weighted by atomic mass is 16.3. The van der Waals surface area contributed by atoms with Crippen LogP contribution in [-0.4, -0.2) is 88.7 Å². The molecule has 0 saturated carbocycles. The molecule has 3 heterocycles. The van der Waals surface area contributed by atoms with Gasteiger partial charge in [-0.15, -0.1) is 0 Å². The molecule has 1 amide bonds. The van der Waals surface area contributed by atoms with E-state index in [0.29, 0.717) is 19.6 Å². The summed E-state index contributed by atoms with van der Waals surface area (Å²) in [6.07, 6.45) is 4.35. The Balaban J connectivity index is 1.15. The first-order valence-corrected chi connectivity index (χ1v) is 12.6. The quantitative estimate of drug-likeness (QED) is 0.629. The number of carbonyl (C=O) groups excluding carboxylic acids is 1. The molecule has 6 nitrogen and oxygen atoms in total. The van der Waals surface area contributed by atoms with Gasteiger partial charge < -0.3 is 14.6 Å². The van der Waals surface area contributed by atoms with Gasteiger partial charge in [0.15, 0.2) is 0 Å². The maximum Gasteiger partial charge on any atom is 0.236 e. The molecule has 0 spiro atoms. The first-order chi connectivity index (χ1) is 16.2. The van der Waals surface area contributed by atoms with Crippen LogP contribution in [0.1, 0.15) is 25.7 Å². The molecule has 3 aromatic rings. The number of para-hydroxylation sites is 2. The number of rotatable bonds is 6. The fraction of sp³-hybridized carbons (Fsp3) is 0.519. The van der Waals surface area contributed by atoms with Crippen molar-refractivity contribution in [1.29, 1.82) is 0 Å². The van der Waals surface area contributed by atoms with Crippen LogP contribution in [0, 0.1) is 0 Å². The Bertz CT molecular complexity index is 1020. The summed E-state index contributed by atoms with van der Waals surface area (Å²) in [5.41, 5.74) is 2.35. The van der Waals surface area contributed by atoms with Gasteiger partial charge in [-0.3, -0.25) is 14.6 Å². The molecule has 1 aromatic heterocycles. The Labute approximate surface area is 196 Å². The number of aromatic nitrogens is 1. The number of aliphatic hydroxyl groups excluding tert-OH is 1. The number of nitrogens with zero attached hydrogens (tertiary/aromatic N) is 4. The van der Waals surface area contributed by atoms with Gasteiger partial charge in [0, 0.05) is 67.6 Å². The van der Waals surface area contributed by atoms with E-state index in [4.69, 9.17) is 0 Å². The van der Waals surface area contributed by atoms with Gasteiger partial charge in [-0.05, 0) is 25.0 Å². The smallest absolute Gasteiger partial charge is 0.236 e. The normalized spacial score (nSPS) is 19.7. The predicted molar refractivity (Wildman–Crippen MR) is 133 cm³/mol. The van der Waals surface area contributed by atoms with Crippen molar-refractivity contribution >= 4 is 27.7 Å². The number of carbonyl (C=O) groups is 1. The van der Waals surface area contributed by atoms with Crippen LogP contribution in [-0.2, 0) is 11.3 Å². The molecule has 0 bridgehead atoms. The zero-order chi connectivity index (χ0) is 22.6. The summed E-state index contributed by atoms with van der Waals surface area (Å²) in [6.45, 7) is 7.22. The van der Waals surface area contributed by atoms with Gasteiger partial charge in [0.1, 0.15) is 0 Å². The number of benzene rings is 2. The van der Waals surface area contributed by atoms with E-state index < -0.39 is 6.10 Å². The number of β-amino-alcohol motifs (C(OH)–C–C–N with tert-alkyl or cyclic N) is 1. The van der Waals surface area contributed by atoms with Gasteiger partial charge in [0.2, 0.25) is 5.91 Å². The van der Waals surface area contributed by atoms with E-state index in [0.717, 1.165) is 52.1 Å². The Hall–Kier alpha value is -2.41. The van der Waals surface area contributed by atoms with Crippen LogP contribution in [0.3, 0.4) is 0 Å². The number of hydrogen-bond donors (Lipinski definition) is 1. The second kappa shape index (κ2) is 10.2. The van der Waals surface area contributed by atoms with Crippen LogP contribution >= 0.6 is 0 Å². The lowest BCUT2D eigenvalue weighted by molar-refractivity contribution is -0.132. The average molecular weight is 449 g/mol. The lowest BCUT2D eigenvalue weighted by atomic mass is 10.2. The highest BCUT2D eigenvalue weighted by molar-refractivity contribution is 6.07. The molecule has 2 aliphatic heterocycles. The molecule has 1 N–H and O–H groups in total. The third kappa shape index (κ3) is 5.08.